The minimum atomic E-state index is 0.357. The fourth-order valence-corrected chi connectivity index (χ4v) is 2.67. The summed E-state index contributed by atoms with van der Waals surface area (Å²) in [5.41, 5.74) is 2.85. The Morgan fingerprint density at radius 3 is 3.05 bits per heavy atom. The maximum absolute atomic E-state index is 5.26. The molecule has 102 valence electrons. The molecule has 3 rings (SSSR count). The molecule has 4 heteroatoms. The van der Waals surface area contributed by atoms with Crippen LogP contribution in [-0.2, 0) is 19.4 Å². The zero-order chi connectivity index (χ0) is 13.8. The van der Waals surface area contributed by atoms with E-state index in [0.717, 1.165) is 25.1 Å². The van der Waals surface area contributed by atoms with Crippen molar-refractivity contribution in [2.24, 2.45) is 0 Å². The predicted molar refractivity (Wildman–Crippen MR) is 76.0 cm³/mol. The van der Waals surface area contributed by atoms with Gasteiger partial charge in [0.2, 0.25) is 5.89 Å². The van der Waals surface area contributed by atoms with Crippen LogP contribution < -0.4 is 5.32 Å². The Kier molecular flexibility index (Phi) is 3.80. The normalized spacial score (nSPS) is 17.4. The SMILES string of the molecule is C#CCNCc1nc(C2CCc3ccccc3C2)no1. The van der Waals surface area contributed by atoms with Crippen LogP contribution in [0.15, 0.2) is 28.8 Å². The zero-order valence-electron chi connectivity index (χ0n) is 11.3. The third-order valence-corrected chi connectivity index (χ3v) is 3.70. The maximum atomic E-state index is 5.26. The number of nitrogens with zero attached hydrogens (tertiary/aromatic N) is 2. The third-order valence-electron chi connectivity index (χ3n) is 3.70. The van der Waals surface area contributed by atoms with E-state index in [1.165, 1.54) is 11.1 Å². The molecule has 1 atom stereocenters. The van der Waals surface area contributed by atoms with E-state index >= 15 is 0 Å². The van der Waals surface area contributed by atoms with Gasteiger partial charge in [0.25, 0.3) is 0 Å². The topological polar surface area (TPSA) is 51.0 Å². The number of benzene rings is 1. The summed E-state index contributed by atoms with van der Waals surface area (Å²) in [4.78, 5) is 4.47. The smallest absolute Gasteiger partial charge is 0.240 e. The van der Waals surface area contributed by atoms with Gasteiger partial charge in [0.15, 0.2) is 5.82 Å². The first-order valence-corrected chi connectivity index (χ1v) is 6.90. The van der Waals surface area contributed by atoms with Gasteiger partial charge in [-0.05, 0) is 30.4 Å². The molecule has 1 heterocycles. The minimum absolute atomic E-state index is 0.357. The molecule has 0 aliphatic heterocycles. The summed E-state index contributed by atoms with van der Waals surface area (Å²) in [6.07, 6.45) is 8.33. The van der Waals surface area contributed by atoms with Crippen molar-refractivity contribution >= 4 is 0 Å². The number of fused-ring (bicyclic) bond motifs is 1. The standard InChI is InChI=1S/C16H17N3O/c1-2-9-17-11-15-18-16(19-20-15)14-8-7-12-5-3-4-6-13(12)10-14/h1,3-6,14,17H,7-11H2. The van der Waals surface area contributed by atoms with E-state index < -0.39 is 0 Å². The highest BCUT2D eigenvalue weighted by Gasteiger charge is 2.23. The Morgan fingerprint density at radius 1 is 1.35 bits per heavy atom. The first-order chi connectivity index (χ1) is 9.86. The van der Waals surface area contributed by atoms with Crippen LogP contribution in [0.4, 0.5) is 0 Å². The van der Waals surface area contributed by atoms with Gasteiger partial charge < -0.3 is 4.52 Å². The Morgan fingerprint density at radius 2 is 2.20 bits per heavy atom. The van der Waals surface area contributed by atoms with Crippen LogP contribution in [0.2, 0.25) is 0 Å². The highest BCUT2D eigenvalue weighted by Crippen LogP contribution is 2.30. The molecular weight excluding hydrogens is 250 g/mol. The molecule has 20 heavy (non-hydrogen) atoms. The highest BCUT2D eigenvalue weighted by atomic mass is 16.5. The molecule has 1 unspecified atom stereocenters. The van der Waals surface area contributed by atoms with E-state index in [9.17, 15) is 0 Å². The molecule has 0 fully saturated rings. The molecule has 0 amide bonds. The van der Waals surface area contributed by atoms with Crippen LogP contribution in [0.1, 0.15) is 35.2 Å². The molecule has 2 aromatic rings. The maximum Gasteiger partial charge on any atom is 0.240 e. The molecule has 1 aliphatic carbocycles. The molecule has 1 aliphatic rings. The molecule has 1 N–H and O–H groups in total. The van der Waals surface area contributed by atoms with Crippen molar-refractivity contribution in [3.05, 3.63) is 47.1 Å². The van der Waals surface area contributed by atoms with Crippen LogP contribution in [0.25, 0.3) is 0 Å². The van der Waals surface area contributed by atoms with Crippen molar-refractivity contribution in [1.29, 1.82) is 0 Å². The summed E-state index contributed by atoms with van der Waals surface area (Å²) in [5, 5.41) is 7.16. The molecule has 1 aromatic heterocycles. The van der Waals surface area contributed by atoms with Gasteiger partial charge in [-0.15, -0.1) is 6.42 Å². The lowest BCUT2D eigenvalue weighted by Crippen LogP contribution is -2.15. The van der Waals surface area contributed by atoms with Crippen molar-refractivity contribution in [1.82, 2.24) is 15.5 Å². The molecule has 0 saturated carbocycles. The summed E-state index contributed by atoms with van der Waals surface area (Å²) < 4.78 is 5.26. The van der Waals surface area contributed by atoms with Crippen LogP contribution in [-0.4, -0.2) is 16.7 Å². The molecule has 4 nitrogen and oxygen atoms in total. The quantitative estimate of drug-likeness (QED) is 0.680. The highest BCUT2D eigenvalue weighted by molar-refractivity contribution is 5.31. The summed E-state index contributed by atoms with van der Waals surface area (Å²) in [7, 11) is 0. The van der Waals surface area contributed by atoms with E-state index in [1.807, 2.05) is 0 Å². The molecule has 0 saturated heterocycles. The van der Waals surface area contributed by atoms with Gasteiger partial charge in [-0.3, -0.25) is 5.32 Å². The third kappa shape index (κ3) is 2.73. The molecular formula is C16H17N3O. The summed E-state index contributed by atoms with van der Waals surface area (Å²) in [6.45, 7) is 1.04. The molecule has 0 spiro atoms. The van der Waals surface area contributed by atoms with Crippen molar-refractivity contribution in [2.75, 3.05) is 6.54 Å². The Labute approximate surface area is 118 Å². The molecule has 0 bridgehead atoms. The second-order valence-corrected chi connectivity index (χ2v) is 5.06. The number of aromatic nitrogens is 2. The lowest BCUT2D eigenvalue weighted by molar-refractivity contribution is 0.360. The van der Waals surface area contributed by atoms with Gasteiger partial charge in [-0.25, -0.2) is 0 Å². The fourth-order valence-electron chi connectivity index (χ4n) is 2.67. The number of terminal acetylenes is 1. The molecule has 1 aromatic carbocycles. The Hall–Kier alpha value is -2.12. The molecule has 0 radical (unpaired) electrons. The van der Waals surface area contributed by atoms with Crippen molar-refractivity contribution in [2.45, 2.75) is 31.7 Å². The number of nitrogens with one attached hydrogen (secondary N) is 1. The van der Waals surface area contributed by atoms with E-state index in [4.69, 9.17) is 10.9 Å². The second kappa shape index (κ2) is 5.89. The van der Waals surface area contributed by atoms with Gasteiger partial charge in [-0.1, -0.05) is 35.3 Å². The van der Waals surface area contributed by atoms with E-state index in [0.29, 0.717) is 24.9 Å². The van der Waals surface area contributed by atoms with E-state index in [1.54, 1.807) is 0 Å². The average Bonchev–Trinajstić information content (AvgIpc) is 2.96. The lowest BCUT2D eigenvalue weighted by Gasteiger charge is -2.21. The van der Waals surface area contributed by atoms with Crippen molar-refractivity contribution < 1.29 is 4.52 Å². The monoisotopic (exact) mass is 267 g/mol. The zero-order valence-corrected chi connectivity index (χ0v) is 11.3. The van der Waals surface area contributed by atoms with Gasteiger partial charge in [-0.2, -0.15) is 4.98 Å². The van der Waals surface area contributed by atoms with Gasteiger partial charge in [0.05, 0.1) is 13.1 Å². The van der Waals surface area contributed by atoms with Crippen molar-refractivity contribution in [3.63, 3.8) is 0 Å². The largest absolute Gasteiger partial charge is 0.338 e. The van der Waals surface area contributed by atoms with Crippen LogP contribution in [0, 0.1) is 12.3 Å². The number of aryl methyl sites for hydroxylation is 1. The first-order valence-electron chi connectivity index (χ1n) is 6.90. The fraction of sp³-hybridized carbons (Fsp3) is 0.375. The van der Waals surface area contributed by atoms with Crippen LogP contribution >= 0.6 is 0 Å². The van der Waals surface area contributed by atoms with E-state index in [-0.39, 0.29) is 0 Å². The second-order valence-electron chi connectivity index (χ2n) is 5.06. The predicted octanol–water partition coefficient (Wildman–Crippen LogP) is 2.06. The van der Waals surface area contributed by atoms with E-state index in [2.05, 4.69) is 45.6 Å². The minimum Gasteiger partial charge on any atom is -0.338 e. The van der Waals surface area contributed by atoms with Crippen LogP contribution in [0.5, 0.6) is 0 Å². The Bertz CT molecular complexity index is 627. The summed E-state index contributed by atoms with van der Waals surface area (Å²) >= 11 is 0. The van der Waals surface area contributed by atoms with Gasteiger partial charge >= 0.3 is 0 Å². The number of rotatable bonds is 4. The van der Waals surface area contributed by atoms with Crippen molar-refractivity contribution in [3.8, 4) is 12.3 Å². The number of hydrogen-bond acceptors (Lipinski definition) is 4. The first kappa shape index (κ1) is 12.9. The Balaban J connectivity index is 1.67. The summed E-state index contributed by atoms with van der Waals surface area (Å²) in [6, 6.07) is 8.59. The lowest BCUT2D eigenvalue weighted by atomic mass is 9.83. The number of hydrogen-bond donors (Lipinski definition) is 1. The van der Waals surface area contributed by atoms with Crippen LogP contribution in [0.3, 0.4) is 0 Å². The average molecular weight is 267 g/mol. The van der Waals surface area contributed by atoms with Gasteiger partial charge in [0, 0.05) is 5.92 Å². The van der Waals surface area contributed by atoms with Gasteiger partial charge in [0.1, 0.15) is 0 Å². The summed E-state index contributed by atoms with van der Waals surface area (Å²) in [5.74, 6) is 4.30.